The van der Waals surface area contributed by atoms with Crippen LogP contribution in [0.3, 0.4) is 0 Å². The number of rotatable bonds is 10. The van der Waals surface area contributed by atoms with E-state index in [1.165, 1.54) is 0 Å². The van der Waals surface area contributed by atoms with Crippen molar-refractivity contribution in [2.45, 2.75) is 32.6 Å². The monoisotopic (exact) mass is 250 g/mol. The standard InChI is InChI=1S/C11H26N2O2S/c1-3-10-16(14,15)11-9-13(2)8-6-4-5-7-12/h3-12H2,1-2H3. The van der Waals surface area contributed by atoms with Crippen LogP contribution >= 0.6 is 0 Å². The number of nitrogens with two attached hydrogens (primary N) is 1. The molecule has 0 aliphatic heterocycles. The maximum Gasteiger partial charge on any atom is 0.151 e. The number of unbranched alkanes of at least 4 members (excludes halogenated alkanes) is 2. The molecule has 0 saturated heterocycles. The molecular formula is C11H26N2O2S. The van der Waals surface area contributed by atoms with Gasteiger partial charge >= 0.3 is 0 Å². The highest BCUT2D eigenvalue weighted by atomic mass is 32.2. The number of hydrogen-bond acceptors (Lipinski definition) is 4. The minimum Gasteiger partial charge on any atom is -0.330 e. The first kappa shape index (κ1) is 15.9. The molecule has 0 saturated carbocycles. The van der Waals surface area contributed by atoms with E-state index in [-0.39, 0.29) is 5.75 Å². The lowest BCUT2D eigenvalue weighted by molar-refractivity contribution is 0.342. The second-order valence-electron chi connectivity index (χ2n) is 4.30. The molecular weight excluding hydrogens is 224 g/mol. The number of hydrogen-bond donors (Lipinski definition) is 1. The van der Waals surface area contributed by atoms with Crippen LogP contribution in [-0.4, -0.2) is 51.5 Å². The molecule has 0 atom stereocenters. The van der Waals surface area contributed by atoms with Gasteiger partial charge in [-0.3, -0.25) is 0 Å². The Morgan fingerprint density at radius 2 is 1.75 bits per heavy atom. The zero-order chi connectivity index (χ0) is 12.4. The van der Waals surface area contributed by atoms with Crippen molar-refractivity contribution in [1.82, 2.24) is 4.90 Å². The maximum atomic E-state index is 11.5. The minimum absolute atomic E-state index is 0.286. The van der Waals surface area contributed by atoms with E-state index in [0.29, 0.717) is 18.7 Å². The summed E-state index contributed by atoms with van der Waals surface area (Å²) in [6.07, 6.45) is 3.99. The van der Waals surface area contributed by atoms with Gasteiger partial charge in [0.05, 0.1) is 5.75 Å². The van der Waals surface area contributed by atoms with Gasteiger partial charge in [-0.05, 0) is 39.4 Å². The molecule has 4 nitrogen and oxygen atoms in total. The normalized spacial score (nSPS) is 12.2. The predicted octanol–water partition coefficient (Wildman–Crippen LogP) is 0.872. The first-order chi connectivity index (χ1) is 7.52. The Morgan fingerprint density at radius 3 is 2.31 bits per heavy atom. The van der Waals surface area contributed by atoms with Crippen LogP contribution < -0.4 is 5.73 Å². The summed E-state index contributed by atoms with van der Waals surface area (Å²) in [4.78, 5) is 2.09. The molecule has 0 radical (unpaired) electrons. The van der Waals surface area contributed by atoms with Crippen LogP contribution in [0.15, 0.2) is 0 Å². The molecule has 0 rings (SSSR count). The zero-order valence-corrected chi connectivity index (χ0v) is 11.4. The van der Waals surface area contributed by atoms with E-state index >= 15 is 0 Å². The summed E-state index contributed by atoms with van der Waals surface area (Å²) in [7, 11) is -0.848. The number of sulfone groups is 1. The lowest BCUT2D eigenvalue weighted by atomic mass is 10.2. The highest BCUT2D eigenvalue weighted by Crippen LogP contribution is 1.98. The van der Waals surface area contributed by atoms with Gasteiger partial charge in [-0.25, -0.2) is 8.42 Å². The summed E-state index contributed by atoms with van der Waals surface area (Å²) in [6.45, 7) is 4.25. The Kier molecular flexibility index (Phi) is 8.89. The third-order valence-corrected chi connectivity index (χ3v) is 4.38. The summed E-state index contributed by atoms with van der Waals surface area (Å²) in [5.41, 5.74) is 5.40. The van der Waals surface area contributed by atoms with Crippen molar-refractivity contribution in [3.8, 4) is 0 Å². The largest absolute Gasteiger partial charge is 0.330 e. The highest BCUT2D eigenvalue weighted by molar-refractivity contribution is 7.91. The zero-order valence-electron chi connectivity index (χ0n) is 10.6. The second kappa shape index (κ2) is 8.96. The van der Waals surface area contributed by atoms with Crippen LogP contribution in [0.2, 0.25) is 0 Å². The molecule has 0 aromatic carbocycles. The second-order valence-corrected chi connectivity index (χ2v) is 6.61. The third kappa shape index (κ3) is 9.12. The highest BCUT2D eigenvalue weighted by Gasteiger charge is 2.10. The van der Waals surface area contributed by atoms with Crippen molar-refractivity contribution >= 4 is 9.84 Å². The molecule has 0 aliphatic carbocycles. The Bertz CT molecular complexity index is 253. The molecule has 0 bridgehead atoms. The van der Waals surface area contributed by atoms with Gasteiger partial charge in [-0.15, -0.1) is 0 Å². The van der Waals surface area contributed by atoms with Gasteiger partial charge in [0.2, 0.25) is 0 Å². The van der Waals surface area contributed by atoms with Gasteiger partial charge in [0, 0.05) is 12.3 Å². The van der Waals surface area contributed by atoms with Gasteiger partial charge < -0.3 is 10.6 Å². The number of nitrogens with zero attached hydrogens (tertiary/aromatic N) is 1. The van der Waals surface area contributed by atoms with Crippen LogP contribution in [0.1, 0.15) is 32.6 Å². The van der Waals surface area contributed by atoms with Crippen LogP contribution in [0.25, 0.3) is 0 Å². The van der Waals surface area contributed by atoms with Gasteiger partial charge in [-0.2, -0.15) is 0 Å². The molecule has 0 spiro atoms. The molecule has 0 amide bonds. The van der Waals surface area contributed by atoms with Crippen molar-refractivity contribution in [3.63, 3.8) is 0 Å². The van der Waals surface area contributed by atoms with E-state index in [9.17, 15) is 8.42 Å². The van der Waals surface area contributed by atoms with E-state index in [1.54, 1.807) is 0 Å². The maximum absolute atomic E-state index is 11.5. The van der Waals surface area contributed by atoms with Gasteiger partial charge in [0.25, 0.3) is 0 Å². The Labute approximate surface area is 100 Å². The molecule has 0 heterocycles. The Hall–Kier alpha value is -0.130. The van der Waals surface area contributed by atoms with Crippen LogP contribution in [0.5, 0.6) is 0 Å². The summed E-state index contributed by atoms with van der Waals surface area (Å²) in [5, 5.41) is 0. The molecule has 0 aromatic rings. The van der Waals surface area contributed by atoms with Crippen molar-refractivity contribution in [3.05, 3.63) is 0 Å². The molecule has 0 unspecified atom stereocenters. The average Bonchev–Trinajstić information content (AvgIpc) is 2.22. The molecule has 0 aliphatic rings. The fourth-order valence-electron chi connectivity index (χ4n) is 1.52. The average molecular weight is 250 g/mol. The van der Waals surface area contributed by atoms with Crippen molar-refractivity contribution in [2.75, 3.05) is 38.2 Å². The molecule has 0 fully saturated rings. The molecule has 5 heteroatoms. The van der Waals surface area contributed by atoms with Crippen LogP contribution in [0, 0.1) is 0 Å². The first-order valence-electron chi connectivity index (χ1n) is 6.11. The van der Waals surface area contributed by atoms with Gasteiger partial charge in [0.1, 0.15) is 0 Å². The molecule has 0 aromatic heterocycles. The fraction of sp³-hybridized carbons (Fsp3) is 1.00. The van der Waals surface area contributed by atoms with E-state index in [0.717, 1.165) is 32.4 Å². The Balaban J connectivity index is 3.60. The topological polar surface area (TPSA) is 63.4 Å². The Morgan fingerprint density at radius 1 is 1.06 bits per heavy atom. The van der Waals surface area contributed by atoms with Gasteiger partial charge in [-0.1, -0.05) is 13.3 Å². The lowest BCUT2D eigenvalue weighted by Crippen LogP contribution is -2.27. The summed E-state index contributed by atoms with van der Waals surface area (Å²) in [5.74, 6) is 0.599. The summed E-state index contributed by atoms with van der Waals surface area (Å²) < 4.78 is 22.9. The smallest absolute Gasteiger partial charge is 0.151 e. The fourth-order valence-corrected chi connectivity index (χ4v) is 2.94. The van der Waals surface area contributed by atoms with Gasteiger partial charge in [0.15, 0.2) is 9.84 Å². The molecule has 98 valence electrons. The van der Waals surface area contributed by atoms with E-state index in [1.807, 2.05) is 14.0 Å². The van der Waals surface area contributed by atoms with Crippen LogP contribution in [-0.2, 0) is 9.84 Å². The molecule has 16 heavy (non-hydrogen) atoms. The van der Waals surface area contributed by atoms with E-state index in [2.05, 4.69) is 4.90 Å². The SMILES string of the molecule is CCCS(=O)(=O)CCN(C)CCCCCN. The van der Waals surface area contributed by atoms with Crippen LogP contribution in [0.4, 0.5) is 0 Å². The van der Waals surface area contributed by atoms with E-state index < -0.39 is 9.84 Å². The summed E-state index contributed by atoms with van der Waals surface area (Å²) in [6, 6.07) is 0. The minimum atomic E-state index is -2.82. The van der Waals surface area contributed by atoms with E-state index in [4.69, 9.17) is 5.73 Å². The quantitative estimate of drug-likeness (QED) is 0.584. The van der Waals surface area contributed by atoms with Crippen molar-refractivity contribution < 1.29 is 8.42 Å². The molecule has 2 N–H and O–H groups in total. The third-order valence-electron chi connectivity index (χ3n) is 2.54. The summed E-state index contributed by atoms with van der Waals surface area (Å²) >= 11 is 0. The van der Waals surface area contributed by atoms with Crippen molar-refractivity contribution in [2.24, 2.45) is 5.73 Å². The predicted molar refractivity (Wildman–Crippen MR) is 69.3 cm³/mol. The lowest BCUT2D eigenvalue weighted by Gasteiger charge is -2.16. The van der Waals surface area contributed by atoms with Crippen molar-refractivity contribution in [1.29, 1.82) is 0 Å². The first-order valence-corrected chi connectivity index (χ1v) is 7.93.